The molecule has 0 aliphatic heterocycles. The molecule has 3 aromatic rings. The van der Waals surface area contributed by atoms with Crippen LogP contribution in [0.1, 0.15) is 23.2 Å². The molecule has 0 bridgehead atoms. The molecule has 1 heterocycles. The molecule has 0 aliphatic carbocycles. The van der Waals surface area contributed by atoms with Gasteiger partial charge in [0.1, 0.15) is 28.8 Å². The number of aromatic nitrogens is 2. The van der Waals surface area contributed by atoms with Crippen molar-refractivity contribution in [3.05, 3.63) is 66.1 Å². The minimum atomic E-state index is -0.313. The maximum Gasteiger partial charge on any atom is 0.274 e. The third-order valence-electron chi connectivity index (χ3n) is 3.86. The highest BCUT2D eigenvalue weighted by Crippen LogP contribution is 2.20. The summed E-state index contributed by atoms with van der Waals surface area (Å²) in [6.45, 7) is 4.26. The number of aryl methyl sites for hydroxylation is 1. The molecule has 7 heteroatoms. The van der Waals surface area contributed by atoms with E-state index in [1.165, 1.54) is 0 Å². The summed E-state index contributed by atoms with van der Waals surface area (Å²) >= 11 is 0. The average Bonchev–Trinajstić information content (AvgIpc) is 2.70. The number of carbonyl (C=O) groups is 1. The van der Waals surface area contributed by atoms with Gasteiger partial charge in [0.25, 0.3) is 5.91 Å². The maximum atomic E-state index is 12.6. The van der Waals surface area contributed by atoms with Crippen LogP contribution in [0.25, 0.3) is 0 Å². The van der Waals surface area contributed by atoms with E-state index in [1.54, 1.807) is 44.4 Å². The second kappa shape index (κ2) is 8.85. The second-order valence-electron chi connectivity index (χ2n) is 5.95. The minimum absolute atomic E-state index is 0.275. The summed E-state index contributed by atoms with van der Waals surface area (Å²) in [5.74, 6) is 2.24. The Balaban J connectivity index is 1.73. The van der Waals surface area contributed by atoms with Crippen LogP contribution < -0.4 is 20.1 Å². The number of rotatable bonds is 7. The smallest absolute Gasteiger partial charge is 0.274 e. The van der Waals surface area contributed by atoms with Crippen LogP contribution in [-0.4, -0.2) is 29.6 Å². The van der Waals surface area contributed by atoms with Gasteiger partial charge in [-0.3, -0.25) is 4.79 Å². The first-order valence-electron chi connectivity index (χ1n) is 8.88. The molecule has 0 fully saturated rings. The van der Waals surface area contributed by atoms with E-state index in [2.05, 4.69) is 20.6 Å². The number of nitrogens with one attached hydrogen (secondary N) is 2. The quantitative estimate of drug-likeness (QED) is 0.641. The van der Waals surface area contributed by atoms with Crippen LogP contribution >= 0.6 is 0 Å². The molecule has 0 radical (unpaired) electrons. The third-order valence-corrected chi connectivity index (χ3v) is 3.86. The van der Waals surface area contributed by atoms with Crippen molar-refractivity contribution in [2.24, 2.45) is 0 Å². The summed E-state index contributed by atoms with van der Waals surface area (Å²) in [5.41, 5.74) is 1.77. The van der Waals surface area contributed by atoms with Crippen molar-refractivity contribution in [1.82, 2.24) is 9.97 Å². The molecule has 2 N–H and O–H groups in total. The van der Waals surface area contributed by atoms with Gasteiger partial charge < -0.3 is 20.1 Å². The number of nitrogens with zero attached hydrogens (tertiary/aromatic N) is 2. The van der Waals surface area contributed by atoms with Gasteiger partial charge in [-0.25, -0.2) is 9.97 Å². The van der Waals surface area contributed by atoms with E-state index in [4.69, 9.17) is 9.47 Å². The van der Waals surface area contributed by atoms with Gasteiger partial charge in [0.2, 0.25) is 0 Å². The summed E-state index contributed by atoms with van der Waals surface area (Å²) in [6.07, 6.45) is 0. The molecule has 3 rings (SSSR count). The van der Waals surface area contributed by atoms with E-state index in [0.717, 1.165) is 17.2 Å². The summed E-state index contributed by atoms with van der Waals surface area (Å²) in [4.78, 5) is 21.2. The van der Waals surface area contributed by atoms with E-state index >= 15 is 0 Å². The summed E-state index contributed by atoms with van der Waals surface area (Å²) in [7, 11) is 1.62. The van der Waals surface area contributed by atoms with Crippen molar-refractivity contribution in [3.8, 4) is 11.5 Å². The fraction of sp³-hybridized carbons (Fsp3) is 0.190. The van der Waals surface area contributed by atoms with Crippen molar-refractivity contribution in [2.75, 3.05) is 24.4 Å². The van der Waals surface area contributed by atoms with Gasteiger partial charge in [-0.2, -0.15) is 0 Å². The number of benzene rings is 2. The highest BCUT2D eigenvalue weighted by Gasteiger charge is 2.11. The van der Waals surface area contributed by atoms with Crippen molar-refractivity contribution in [2.45, 2.75) is 13.8 Å². The Hall–Kier alpha value is -3.61. The van der Waals surface area contributed by atoms with Gasteiger partial charge in [0, 0.05) is 17.4 Å². The third kappa shape index (κ3) is 4.97. The molecular formula is C21H22N4O3. The normalized spacial score (nSPS) is 10.2. The lowest BCUT2D eigenvalue weighted by Gasteiger charge is -2.10. The molecule has 144 valence electrons. The lowest BCUT2D eigenvalue weighted by molar-refractivity contribution is 0.102. The number of hydrogen-bond acceptors (Lipinski definition) is 6. The molecule has 0 atom stereocenters. The van der Waals surface area contributed by atoms with Crippen LogP contribution in [0.5, 0.6) is 11.5 Å². The van der Waals surface area contributed by atoms with Crippen LogP contribution in [0.4, 0.5) is 17.2 Å². The molecule has 0 saturated carbocycles. The minimum Gasteiger partial charge on any atom is -0.497 e. The maximum absolute atomic E-state index is 12.6. The average molecular weight is 378 g/mol. The van der Waals surface area contributed by atoms with Gasteiger partial charge in [-0.1, -0.05) is 0 Å². The van der Waals surface area contributed by atoms with Gasteiger partial charge in [-0.05, 0) is 62.4 Å². The standard InChI is InChI=1S/C21H22N4O3/c1-4-28-18-11-7-16(8-12-18)25-21(26)19-13-20(23-14(2)22-19)24-15-5-9-17(27-3)10-6-15/h5-13H,4H2,1-3H3,(H,25,26)(H,22,23,24). The Kier molecular flexibility index (Phi) is 6.06. The number of anilines is 3. The van der Waals surface area contributed by atoms with Gasteiger partial charge in [-0.15, -0.1) is 0 Å². The van der Waals surface area contributed by atoms with Crippen molar-refractivity contribution in [1.29, 1.82) is 0 Å². The molecule has 7 nitrogen and oxygen atoms in total. The van der Waals surface area contributed by atoms with Crippen LogP contribution in [-0.2, 0) is 0 Å². The van der Waals surface area contributed by atoms with E-state index < -0.39 is 0 Å². The number of amides is 1. The van der Waals surface area contributed by atoms with Crippen LogP contribution in [0, 0.1) is 6.92 Å². The Morgan fingerprint density at radius 1 is 0.964 bits per heavy atom. The lowest BCUT2D eigenvalue weighted by atomic mass is 10.2. The zero-order valence-electron chi connectivity index (χ0n) is 16.0. The monoisotopic (exact) mass is 378 g/mol. The zero-order chi connectivity index (χ0) is 19.9. The van der Waals surface area contributed by atoms with Crippen LogP contribution in [0.15, 0.2) is 54.6 Å². The molecule has 0 spiro atoms. The highest BCUT2D eigenvalue weighted by molar-refractivity contribution is 6.03. The van der Waals surface area contributed by atoms with Crippen molar-refractivity contribution in [3.63, 3.8) is 0 Å². The zero-order valence-corrected chi connectivity index (χ0v) is 16.0. The Morgan fingerprint density at radius 3 is 2.25 bits per heavy atom. The number of hydrogen-bond donors (Lipinski definition) is 2. The summed E-state index contributed by atoms with van der Waals surface area (Å²) < 4.78 is 10.6. The van der Waals surface area contributed by atoms with E-state index in [1.807, 2.05) is 31.2 Å². The number of methoxy groups -OCH3 is 1. The SMILES string of the molecule is CCOc1ccc(NC(=O)c2cc(Nc3ccc(OC)cc3)nc(C)n2)cc1. The van der Waals surface area contributed by atoms with E-state index in [9.17, 15) is 4.79 Å². The molecule has 2 aromatic carbocycles. The summed E-state index contributed by atoms with van der Waals surface area (Å²) in [5, 5.41) is 6.01. The first kappa shape index (κ1) is 19.2. The van der Waals surface area contributed by atoms with E-state index in [-0.39, 0.29) is 11.6 Å². The second-order valence-corrected chi connectivity index (χ2v) is 5.95. The molecule has 0 aliphatic rings. The number of carbonyl (C=O) groups excluding carboxylic acids is 1. The topological polar surface area (TPSA) is 85.4 Å². The summed E-state index contributed by atoms with van der Waals surface area (Å²) in [6, 6.07) is 16.2. The van der Waals surface area contributed by atoms with E-state index in [0.29, 0.717) is 23.9 Å². The lowest BCUT2D eigenvalue weighted by Crippen LogP contribution is -2.15. The molecular weight excluding hydrogens is 356 g/mol. The highest BCUT2D eigenvalue weighted by atomic mass is 16.5. The van der Waals surface area contributed by atoms with Gasteiger partial charge >= 0.3 is 0 Å². The molecule has 28 heavy (non-hydrogen) atoms. The Labute approximate surface area is 163 Å². The fourth-order valence-corrected chi connectivity index (χ4v) is 2.57. The Bertz CT molecular complexity index is 941. The Morgan fingerprint density at radius 2 is 1.61 bits per heavy atom. The predicted molar refractivity (Wildman–Crippen MR) is 109 cm³/mol. The molecule has 1 amide bonds. The predicted octanol–water partition coefficient (Wildman–Crippen LogP) is 4.19. The molecule has 0 saturated heterocycles. The largest absolute Gasteiger partial charge is 0.497 e. The molecule has 1 aromatic heterocycles. The number of ether oxygens (including phenoxy) is 2. The van der Waals surface area contributed by atoms with Crippen molar-refractivity contribution < 1.29 is 14.3 Å². The first-order valence-corrected chi connectivity index (χ1v) is 8.88. The van der Waals surface area contributed by atoms with Gasteiger partial charge in [0.05, 0.1) is 13.7 Å². The van der Waals surface area contributed by atoms with Gasteiger partial charge in [0.15, 0.2) is 0 Å². The van der Waals surface area contributed by atoms with Crippen LogP contribution in [0.3, 0.4) is 0 Å². The molecule has 0 unspecified atom stereocenters. The fourth-order valence-electron chi connectivity index (χ4n) is 2.57. The van der Waals surface area contributed by atoms with Crippen molar-refractivity contribution >= 4 is 23.1 Å². The van der Waals surface area contributed by atoms with Crippen LogP contribution in [0.2, 0.25) is 0 Å². The first-order chi connectivity index (χ1) is 13.6.